The molecule has 7 heteroatoms. The highest BCUT2D eigenvalue weighted by molar-refractivity contribution is 6.41. The molecule has 2 amide bonds. The first-order chi connectivity index (χ1) is 10.5. The second-order valence-electron chi connectivity index (χ2n) is 4.90. The summed E-state index contributed by atoms with van der Waals surface area (Å²) in [7, 11) is 1.55. The number of para-hydroxylation sites is 1. The largest absolute Gasteiger partial charge is 0.464 e. The Morgan fingerprint density at radius 3 is 2.64 bits per heavy atom. The van der Waals surface area contributed by atoms with Gasteiger partial charge < -0.3 is 19.6 Å². The molecule has 1 saturated heterocycles. The van der Waals surface area contributed by atoms with E-state index in [0.717, 1.165) is 0 Å². The number of hydrogen-bond acceptors (Lipinski definition) is 5. The number of hydrogen-bond donors (Lipinski definition) is 1. The van der Waals surface area contributed by atoms with Crippen molar-refractivity contribution in [2.24, 2.45) is 0 Å². The van der Waals surface area contributed by atoms with Crippen molar-refractivity contribution in [2.45, 2.75) is 13.0 Å². The maximum atomic E-state index is 12.1. The van der Waals surface area contributed by atoms with Crippen molar-refractivity contribution in [3.05, 3.63) is 29.8 Å². The summed E-state index contributed by atoms with van der Waals surface area (Å²) in [6, 6.07) is 6.44. The fourth-order valence-electron chi connectivity index (χ4n) is 2.27. The number of aliphatic hydroxyl groups excluding tert-OH is 1. The molecule has 0 radical (unpaired) electrons. The zero-order chi connectivity index (χ0) is 16.3. The van der Waals surface area contributed by atoms with Gasteiger partial charge >= 0.3 is 17.8 Å². The van der Waals surface area contributed by atoms with Crippen LogP contribution in [0.4, 0.5) is 5.69 Å². The van der Waals surface area contributed by atoms with Gasteiger partial charge in [-0.1, -0.05) is 18.2 Å². The number of esters is 1. The number of aliphatic hydroxyl groups is 1. The third kappa shape index (κ3) is 2.94. The Kier molecular flexibility index (Phi) is 4.77. The van der Waals surface area contributed by atoms with Crippen molar-refractivity contribution in [1.29, 1.82) is 0 Å². The van der Waals surface area contributed by atoms with Gasteiger partial charge in [0.1, 0.15) is 0 Å². The highest BCUT2D eigenvalue weighted by atomic mass is 16.5. The van der Waals surface area contributed by atoms with Gasteiger partial charge in [0, 0.05) is 25.7 Å². The SMILES string of the molecule is CCOC(=O)C(O)c1ccccc1N1CCN(C)C(=O)C1=O. The summed E-state index contributed by atoms with van der Waals surface area (Å²) in [4.78, 5) is 38.3. The Bertz CT molecular complexity index is 601. The molecule has 7 nitrogen and oxygen atoms in total. The molecule has 0 saturated carbocycles. The molecular formula is C15H18N2O5. The van der Waals surface area contributed by atoms with Crippen LogP contribution in [0.2, 0.25) is 0 Å². The van der Waals surface area contributed by atoms with Crippen LogP contribution in [-0.4, -0.2) is 54.5 Å². The van der Waals surface area contributed by atoms with E-state index in [2.05, 4.69) is 0 Å². The Balaban J connectivity index is 2.34. The summed E-state index contributed by atoms with van der Waals surface area (Å²) in [6.45, 7) is 2.46. The van der Waals surface area contributed by atoms with Gasteiger partial charge in [-0.3, -0.25) is 9.59 Å². The molecule has 0 spiro atoms. The number of nitrogens with zero attached hydrogens (tertiary/aromatic N) is 2. The minimum atomic E-state index is -1.50. The molecule has 0 aliphatic carbocycles. The van der Waals surface area contributed by atoms with Gasteiger partial charge in [-0.15, -0.1) is 0 Å². The smallest absolute Gasteiger partial charge is 0.339 e. The van der Waals surface area contributed by atoms with Crippen LogP contribution in [0.5, 0.6) is 0 Å². The number of likely N-dealkylation sites (N-methyl/N-ethyl adjacent to an activating group) is 1. The average molecular weight is 306 g/mol. The molecule has 1 atom stereocenters. The Morgan fingerprint density at radius 2 is 1.95 bits per heavy atom. The van der Waals surface area contributed by atoms with Gasteiger partial charge in [-0.2, -0.15) is 0 Å². The van der Waals surface area contributed by atoms with Crippen molar-refractivity contribution < 1.29 is 24.2 Å². The second-order valence-corrected chi connectivity index (χ2v) is 4.90. The van der Waals surface area contributed by atoms with Crippen LogP contribution >= 0.6 is 0 Å². The third-order valence-electron chi connectivity index (χ3n) is 3.47. The molecule has 1 aliphatic heterocycles. The fraction of sp³-hybridized carbons (Fsp3) is 0.400. The van der Waals surface area contributed by atoms with Crippen molar-refractivity contribution in [3.63, 3.8) is 0 Å². The van der Waals surface area contributed by atoms with Crippen molar-refractivity contribution >= 4 is 23.5 Å². The zero-order valence-corrected chi connectivity index (χ0v) is 12.5. The molecule has 1 unspecified atom stereocenters. The number of anilines is 1. The van der Waals surface area contributed by atoms with Crippen LogP contribution in [0, 0.1) is 0 Å². The lowest BCUT2D eigenvalue weighted by atomic mass is 10.1. The quantitative estimate of drug-likeness (QED) is 0.629. The molecule has 0 bridgehead atoms. The van der Waals surface area contributed by atoms with E-state index in [-0.39, 0.29) is 12.2 Å². The number of rotatable bonds is 4. The summed E-state index contributed by atoms with van der Waals surface area (Å²) in [5.74, 6) is -2.09. The molecule has 22 heavy (non-hydrogen) atoms. The number of carbonyl (C=O) groups is 3. The van der Waals surface area contributed by atoms with Gasteiger partial charge in [-0.25, -0.2) is 4.79 Å². The van der Waals surface area contributed by atoms with E-state index < -0.39 is 23.9 Å². The van der Waals surface area contributed by atoms with E-state index >= 15 is 0 Å². The Hall–Kier alpha value is -2.41. The van der Waals surface area contributed by atoms with E-state index in [1.807, 2.05) is 0 Å². The molecule has 1 aromatic carbocycles. The van der Waals surface area contributed by atoms with Crippen LogP contribution in [0.15, 0.2) is 24.3 Å². The number of ether oxygens (including phenoxy) is 1. The summed E-state index contributed by atoms with van der Waals surface area (Å²) in [5.41, 5.74) is 0.584. The van der Waals surface area contributed by atoms with Crippen LogP contribution < -0.4 is 4.90 Å². The average Bonchev–Trinajstić information content (AvgIpc) is 2.52. The predicted molar refractivity (Wildman–Crippen MR) is 78.0 cm³/mol. The van der Waals surface area contributed by atoms with Crippen molar-refractivity contribution in [3.8, 4) is 0 Å². The molecule has 1 aliphatic rings. The minimum absolute atomic E-state index is 0.143. The highest BCUT2D eigenvalue weighted by Gasteiger charge is 2.34. The summed E-state index contributed by atoms with van der Waals surface area (Å²) in [5, 5.41) is 10.1. The van der Waals surface area contributed by atoms with E-state index in [1.54, 1.807) is 32.2 Å². The molecular weight excluding hydrogens is 288 g/mol. The third-order valence-corrected chi connectivity index (χ3v) is 3.47. The van der Waals surface area contributed by atoms with Crippen LogP contribution in [0.25, 0.3) is 0 Å². The van der Waals surface area contributed by atoms with E-state index in [4.69, 9.17) is 4.74 Å². The summed E-state index contributed by atoms with van der Waals surface area (Å²) >= 11 is 0. The van der Waals surface area contributed by atoms with Gasteiger partial charge in [0.05, 0.1) is 12.3 Å². The first kappa shape index (κ1) is 16.0. The number of benzene rings is 1. The van der Waals surface area contributed by atoms with Crippen LogP contribution in [0.3, 0.4) is 0 Å². The van der Waals surface area contributed by atoms with Crippen molar-refractivity contribution in [1.82, 2.24) is 4.90 Å². The van der Waals surface area contributed by atoms with E-state index in [9.17, 15) is 19.5 Å². The highest BCUT2D eigenvalue weighted by Crippen LogP contribution is 2.28. The maximum absolute atomic E-state index is 12.1. The molecule has 118 valence electrons. The Labute approximate surface area is 128 Å². The molecule has 1 aromatic rings. The normalized spacial score (nSPS) is 16.7. The lowest BCUT2D eigenvalue weighted by molar-refractivity contribution is -0.153. The molecule has 1 fully saturated rings. The molecule has 2 rings (SSSR count). The Morgan fingerprint density at radius 1 is 1.27 bits per heavy atom. The standard InChI is InChI=1S/C15H18N2O5/c1-3-22-15(21)12(18)10-6-4-5-7-11(10)17-9-8-16(2)13(19)14(17)20/h4-7,12,18H,3,8-9H2,1-2H3. The first-order valence-corrected chi connectivity index (χ1v) is 6.98. The lowest BCUT2D eigenvalue weighted by Gasteiger charge is -2.33. The van der Waals surface area contributed by atoms with Gasteiger partial charge in [0.15, 0.2) is 6.10 Å². The summed E-state index contributed by atoms with van der Waals surface area (Å²) < 4.78 is 4.80. The maximum Gasteiger partial charge on any atom is 0.339 e. The molecule has 0 aromatic heterocycles. The van der Waals surface area contributed by atoms with Crippen LogP contribution in [-0.2, 0) is 19.1 Å². The van der Waals surface area contributed by atoms with E-state index in [1.165, 1.54) is 15.9 Å². The van der Waals surface area contributed by atoms with Gasteiger partial charge in [0.2, 0.25) is 0 Å². The van der Waals surface area contributed by atoms with E-state index in [0.29, 0.717) is 18.8 Å². The zero-order valence-electron chi connectivity index (χ0n) is 12.5. The lowest BCUT2D eigenvalue weighted by Crippen LogP contribution is -2.53. The molecule has 1 heterocycles. The predicted octanol–water partition coefficient (Wildman–Crippen LogP) is 0.0881. The number of carbonyl (C=O) groups excluding carboxylic acids is 3. The summed E-state index contributed by atoms with van der Waals surface area (Å²) in [6.07, 6.45) is -1.50. The number of amides is 2. The second kappa shape index (κ2) is 6.57. The molecule has 1 N–H and O–H groups in total. The number of piperazine rings is 1. The monoisotopic (exact) mass is 306 g/mol. The minimum Gasteiger partial charge on any atom is -0.464 e. The topological polar surface area (TPSA) is 87.2 Å². The van der Waals surface area contributed by atoms with Crippen molar-refractivity contribution in [2.75, 3.05) is 31.6 Å². The van der Waals surface area contributed by atoms with Crippen LogP contribution in [0.1, 0.15) is 18.6 Å². The fourth-order valence-corrected chi connectivity index (χ4v) is 2.27. The van der Waals surface area contributed by atoms with Gasteiger partial charge in [-0.05, 0) is 13.0 Å². The first-order valence-electron chi connectivity index (χ1n) is 6.98. The van der Waals surface area contributed by atoms with Gasteiger partial charge in [0.25, 0.3) is 0 Å².